The zero-order chi connectivity index (χ0) is 22.1. The fourth-order valence-corrected chi connectivity index (χ4v) is 3.56. The summed E-state index contributed by atoms with van der Waals surface area (Å²) < 4.78 is 32.5. The molecule has 1 aliphatic rings. The van der Waals surface area contributed by atoms with Crippen LogP contribution in [0.4, 0.5) is 14.5 Å². The number of benzene rings is 2. The van der Waals surface area contributed by atoms with E-state index in [2.05, 4.69) is 4.98 Å². The van der Waals surface area contributed by atoms with E-state index in [1.807, 2.05) is 0 Å². The molecule has 1 atom stereocenters. The van der Waals surface area contributed by atoms with Gasteiger partial charge in [-0.2, -0.15) is 0 Å². The summed E-state index contributed by atoms with van der Waals surface area (Å²) in [6, 6.07) is 10.7. The van der Waals surface area contributed by atoms with Crippen LogP contribution in [0.2, 0.25) is 0 Å². The lowest BCUT2D eigenvalue weighted by Gasteiger charge is -2.25. The average molecular weight is 422 g/mol. The maximum absolute atomic E-state index is 13.9. The van der Waals surface area contributed by atoms with Crippen LogP contribution in [0.1, 0.15) is 17.2 Å². The molecule has 6 nitrogen and oxygen atoms in total. The van der Waals surface area contributed by atoms with Crippen LogP contribution in [0.25, 0.3) is 5.76 Å². The average Bonchev–Trinajstić information content (AvgIpc) is 3.05. The van der Waals surface area contributed by atoms with Crippen LogP contribution in [-0.2, 0) is 9.59 Å². The Morgan fingerprint density at radius 2 is 1.77 bits per heavy atom. The van der Waals surface area contributed by atoms with E-state index in [0.29, 0.717) is 5.56 Å². The van der Waals surface area contributed by atoms with Crippen LogP contribution in [0.5, 0.6) is 5.75 Å². The minimum Gasteiger partial charge on any atom is -0.507 e. The molecule has 2 aromatic carbocycles. The predicted molar refractivity (Wildman–Crippen MR) is 108 cm³/mol. The quantitative estimate of drug-likeness (QED) is 0.391. The van der Waals surface area contributed by atoms with E-state index in [1.165, 1.54) is 37.7 Å². The Morgan fingerprint density at radius 1 is 1.06 bits per heavy atom. The number of ketones is 1. The molecule has 0 spiro atoms. The molecule has 1 fully saturated rings. The molecule has 1 aromatic heterocycles. The first-order chi connectivity index (χ1) is 14.9. The number of ether oxygens (including phenoxy) is 1. The molecule has 3 aromatic rings. The van der Waals surface area contributed by atoms with Crippen molar-refractivity contribution in [2.75, 3.05) is 12.0 Å². The van der Waals surface area contributed by atoms with Gasteiger partial charge in [-0.3, -0.25) is 19.5 Å². The van der Waals surface area contributed by atoms with Crippen molar-refractivity contribution >= 4 is 23.1 Å². The van der Waals surface area contributed by atoms with E-state index in [-0.39, 0.29) is 22.6 Å². The molecule has 1 N–H and O–H groups in total. The van der Waals surface area contributed by atoms with Gasteiger partial charge in [-0.25, -0.2) is 8.78 Å². The second-order valence-corrected chi connectivity index (χ2v) is 6.78. The van der Waals surface area contributed by atoms with Gasteiger partial charge >= 0.3 is 0 Å². The van der Waals surface area contributed by atoms with Crippen LogP contribution in [0.15, 0.2) is 72.6 Å². The predicted octanol–water partition coefficient (Wildman–Crippen LogP) is 3.99. The van der Waals surface area contributed by atoms with Gasteiger partial charge in [0.05, 0.1) is 24.3 Å². The van der Waals surface area contributed by atoms with Gasteiger partial charge < -0.3 is 9.84 Å². The van der Waals surface area contributed by atoms with E-state index >= 15 is 0 Å². The van der Waals surface area contributed by atoms with Crippen molar-refractivity contribution in [3.05, 3.63) is 95.3 Å². The van der Waals surface area contributed by atoms with Crippen molar-refractivity contribution in [3.8, 4) is 5.75 Å². The number of aromatic nitrogens is 1. The van der Waals surface area contributed by atoms with Gasteiger partial charge in [-0.1, -0.05) is 6.07 Å². The zero-order valence-electron chi connectivity index (χ0n) is 16.3. The Balaban J connectivity index is 1.97. The van der Waals surface area contributed by atoms with Crippen LogP contribution < -0.4 is 9.64 Å². The van der Waals surface area contributed by atoms with Gasteiger partial charge in [-0.15, -0.1) is 0 Å². The lowest BCUT2D eigenvalue weighted by molar-refractivity contribution is -0.132. The first-order valence-electron chi connectivity index (χ1n) is 9.22. The normalized spacial score (nSPS) is 17.8. The number of hydrogen-bond acceptors (Lipinski definition) is 5. The van der Waals surface area contributed by atoms with Gasteiger partial charge in [0.1, 0.15) is 23.1 Å². The molecular weight excluding hydrogens is 406 g/mol. The molecule has 4 rings (SSSR count). The number of amides is 1. The third kappa shape index (κ3) is 3.52. The van der Waals surface area contributed by atoms with Gasteiger partial charge in [0.2, 0.25) is 0 Å². The molecular formula is C23H16F2N2O4. The van der Waals surface area contributed by atoms with Crippen molar-refractivity contribution in [3.63, 3.8) is 0 Å². The van der Waals surface area contributed by atoms with E-state index in [9.17, 15) is 23.5 Å². The number of nitrogens with zero attached hydrogens (tertiary/aromatic N) is 2. The summed E-state index contributed by atoms with van der Waals surface area (Å²) in [6.45, 7) is 0. The number of aliphatic hydroxyl groups excluding tert-OH is 1. The Kier molecular flexibility index (Phi) is 5.21. The summed E-state index contributed by atoms with van der Waals surface area (Å²) in [5.74, 6) is -3.53. The number of methoxy groups -OCH3 is 1. The van der Waals surface area contributed by atoms with Crippen molar-refractivity contribution in [2.24, 2.45) is 0 Å². The summed E-state index contributed by atoms with van der Waals surface area (Å²) in [7, 11) is 1.33. The summed E-state index contributed by atoms with van der Waals surface area (Å²) in [5.41, 5.74) is 0.352. The molecule has 1 saturated heterocycles. The van der Waals surface area contributed by atoms with Gasteiger partial charge in [0, 0.05) is 18.1 Å². The minimum atomic E-state index is -1.06. The van der Waals surface area contributed by atoms with Crippen LogP contribution in [-0.4, -0.2) is 28.9 Å². The maximum Gasteiger partial charge on any atom is 0.300 e. The summed E-state index contributed by atoms with van der Waals surface area (Å²) in [5, 5.41) is 11.0. The smallest absolute Gasteiger partial charge is 0.300 e. The lowest BCUT2D eigenvalue weighted by Crippen LogP contribution is -2.29. The standard InChI is InChI=1S/C23H16F2N2O4/c1-31-18-9-6-15(25)11-17(18)21(28)19-20(13-3-2-10-26-12-13)27(23(30)22(19)29)16-7-4-14(24)5-8-16/h2-12,20,28H,1H3/b21-19+. The molecule has 0 saturated carbocycles. The molecule has 31 heavy (non-hydrogen) atoms. The van der Waals surface area contributed by atoms with Crippen LogP contribution >= 0.6 is 0 Å². The van der Waals surface area contributed by atoms with Crippen LogP contribution in [0.3, 0.4) is 0 Å². The Labute approximate surface area is 176 Å². The van der Waals surface area contributed by atoms with Crippen LogP contribution in [0, 0.1) is 11.6 Å². The summed E-state index contributed by atoms with van der Waals surface area (Å²) in [6.07, 6.45) is 2.96. The Hall–Kier alpha value is -4.07. The third-order valence-electron chi connectivity index (χ3n) is 4.97. The SMILES string of the molecule is COc1ccc(F)cc1/C(O)=C1\C(=O)C(=O)N(c2ccc(F)cc2)C1c1cccnc1. The Bertz CT molecular complexity index is 1190. The number of aliphatic hydroxyl groups is 1. The molecule has 0 radical (unpaired) electrons. The van der Waals surface area contributed by atoms with Gasteiger partial charge in [-0.05, 0) is 54.1 Å². The molecule has 8 heteroatoms. The Morgan fingerprint density at radius 3 is 2.42 bits per heavy atom. The highest BCUT2D eigenvalue weighted by Gasteiger charge is 2.47. The third-order valence-corrected chi connectivity index (χ3v) is 4.97. The number of carbonyl (C=O) groups is 2. The number of anilines is 1. The largest absolute Gasteiger partial charge is 0.507 e. The molecule has 0 bridgehead atoms. The second-order valence-electron chi connectivity index (χ2n) is 6.78. The summed E-state index contributed by atoms with van der Waals surface area (Å²) >= 11 is 0. The van der Waals surface area contributed by atoms with Gasteiger partial charge in [0.25, 0.3) is 11.7 Å². The molecule has 2 heterocycles. The first kappa shape index (κ1) is 20.2. The highest BCUT2D eigenvalue weighted by molar-refractivity contribution is 6.51. The zero-order valence-corrected chi connectivity index (χ0v) is 16.3. The van der Waals surface area contributed by atoms with E-state index in [1.54, 1.807) is 12.1 Å². The van der Waals surface area contributed by atoms with Gasteiger partial charge in [0.15, 0.2) is 0 Å². The number of rotatable bonds is 4. The molecule has 1 aliphatic heterocycles. The number of pyridine rings is 1. The number of hydrogen-bond donors (Lipinski definition) is 1. The molecule has 156 valence electrons. The lowest BCUT2D eigenvalue weighted by atomic mass is 9.95. The molecule has 1 amide bonds. The maximum atomic E-state index is 13.9. The first-order valence-corrected chi connectivity index (χ1v) is 9.22. The number of carbonyl (C=O) groups excluding carboxylic acids is 2. The molecule has 0 aliphatic carbocycles. The van der Waals surface area contributed by atoms with E-state index in [0.717, 1.165) is 29.2 Å². The summed E-state index contributed by atoms with van der Waals surface area (Å²) in [4.78, 5) is 31.1. The minimum absolute atomic E-state index is 0.0755. The van der Waals surface area contributed by atoms with Crippen molar-refractivity contribution in [2.45, 2.75) is 6.04 Å². The van der Waals surface area contributed by atoms with E-state index in [4.69, 9.17) is 4.74 Å². The topological polar surface area (TPSA) is 79.7 Å². The monoisotopic (exact) mass is 422 g/mol. The second kappa shape index (κ2) is 7.98. The number of Topliss-reactive ketones (excluding diaryl/α,β-unsaturated/α-hetero) is 1. The highest BCUT2D eigenvalue weighted by atomic mass is 19.1. The van der Waals surface area contributed by atoms with Crippen molar-refractivity contribution in [1.29, 1.82) is 0 Å². The molecule has 1 unspecified atom stereocenters. The van der Waals surface area contributed by atoms with E-state index < -0.39 is 35.1 Å². The van der Waals surface area contributed by atoms with Crippen molar-refractivity contribution < 1.29 is 28.2 Å². The van der Waals surface area contributed by atoms with Crippen molar-refractivity contribution in [1.82, 2.24) is 4.98 Å². The highest BCUT2D eigenvalue weighted by Crippen LogP contribution is 2.43. The fourth-order valence-electron chi connectivity index (χ4n) is 3.56. The number of halogens is 2. The fraction of sp³-hybridized carbons (Fsp3) is 0.0870.